The van der Waals surface area contributed by atoms with Crippen LogP contribution in [0, 0.1) is 0 Å². The molecule has 0 atom stereocenters. The van der Waals surface area contributed by atoms with E-state index in [2.05, 4.69) is 6.92 Å². The van der Waals surface area contributed by atoms with Crippen molar-refractivity contribution < 1.29 is 13.9 Å². The zero-order valence-electron chi connectivity index (χ0n) is 21.7. The summed E-state index contributed by atoms with van der Waals surface area (Å²) in [6.45, 7) is 2.88. The summed E-state index contributed by atoms with van der Waals surface area (Å²) < 4.78 is 14.1. The molecule has 3 heterocycles. The molecule has 6 nitrogen and oxygen atoms in total. The van der Waals surface area contributed by atoms with E-state index in [0.717, 1.165) is 29.5 Å². The van der Waals surface area contributed by atoms with Gasteiger partial charge in [0.15, 0.2) is 17.1 Å². The molecule has 8 heteroatoms. The van der Waals surface area contributed by atoms with Crippen LogP contribution in [-0.2, 0) is 4.79 Å². The molecule has 0 spiro atoms. The van der Waals surface area contributed by atoms with Crippen LogP contribution < -0.4 is 4.74 Å². The third-order valence-electron chi connectivity index (χ3n) is 6.62. The number of thiocarbonyl (C=S) groups is 1. The number of unbranched alkanes of at least 4 members (excludes halogenated alkanes) is 5. The summed E-state index contributed by atoms with van der Waals surface area (Å²) in [6, 6.07) is 17.6. The maximum Gasteiger partial charge on any atom is 0.266 e. The number of carbonyl (C=O) groups is 1. The molecule has 0 unspecified atom stereocenters. The fraction of sp³-hybridized carbons (Fsp3) is 0.300. The lowest BCUT2D eigenvalue weighted by Crippen LogP contribution is -2.29. The number of benzene rings is 2. The van der Waals surface area contributed by atoms with E-state index in [9.17, 15) is 4.79 Å². The molecule has 0 radical (unpaired) electrons. The third kappa shape index (κ3) is 5.56. The summed E-state index contributed by atoms with van der Waals surface area (Å²) in [6.07, 6.45) is 10.8. The lowest BCUT2D eigenvalue weighted by molar-refractivity contribution is -0.122. The van der Waals surface area contributed by atoms with Crippen molar-refractivity contribution in [3.8, 4) is 22.9 Å². The smallest absolute Gasteiger partial charge is 0.266 e. The number of rotatable bonds is 11. The van der Waals surface area contributed by atoms with Gasteiger partial charge in [0.1, 0.15) is 10.0 Å². The van der Waals surface area contributed by atoms with Crippen molar-refractivity contribution in [1.29, 1.82) is 0 Å². The topological polar surface area (TPSA) is 60.5 Å². The average Bonchev–Trinajstić information content (AvgIpc) is 3.63. The van der Waals surface area contributed by atoms with Crippen LogP contribution in [0.15, 0.2) is 70.1 Å². The van der Waals surface area contributed by atoms with Gasteiger partial charge in [-0.1, -0.05) is 93.3 Å². The highest BCUT2D eigenvalue weighted by molar-refractivity contribution is 8.26. The lowest BCUT2D eigenvalue weighted by atomic mass is 10.1. The molecule has 1 fully saturated rings. The van der Waals surface area contributed by atoms with Gasteiger partial charge in [0, 0.05) is 23.7 Å². The number of carbonyl (C=O) groups excluding carboxylic acids is 1. The number of hydrogen-bond acceptors (Lipinski definition) is 6. The van der Waals surface area contributed by atoms with Crippen molar-refractivity contribution in [1.82, 2.24) is 14.7 Å². The molecule has 1 aliphatic rings. The number of para-hydroxylation sites is 2. The van der Waals surface area contributed by atoms with Crippen molar-refractivity contribution in [2.24, 2.45) is 0 Å². The Morgan fingerprint density at radius 3 is 2.63 bits per heavy atom. The van der Waals surface area contributed by atoms with Gasteiger partial charge in [-0.3, -0.25) is 9.69 Å². The number of furan rings is 1. The summed E-state index contributed by atoms with van der Waals surface area (Å²) in [5, 5.41) is 5.78. The molecule has 1 saturated heterocycles. The summed E-state index contributed by atoms with van der Waals surface area (Å²) in [4.78, 5) is 15.7. The first-order valence-corrected chi connectivity index (χ1v) is 14.3. The second-order valence-electron chi connectivity index (χ2n) is 9.30. The van der Waals surface area contributed by atoms with Crippen LogP contribution >= 0.6 is 24.0 Å². The van der Waals surface area contributed by atoms with Crippen LogP contribution in [0.4, 0.5) is 0 Å². The number of hydrogen-bond donors (Lipinski definition) is 0. The molecular formula is C30H31N3O3S2. The largest absolute Gasteiger partial charge is 0.493 e. The highest BCUT2D eigenvalue weighted by atomic mass is 32.2. The summed E-state index contributed by atoms with van der Waals surface area (Å²) in [5.74, 6) is 1.22. The van der Waals surface area contributed by atoms with Gasteiger partial charge < -0.3 is 9.15 Å². The van der Waals surface area contributed by atoms with Gasteiger partial charge in [0.2, 0.25) is 0 Å². The molecule has 1 amide bonds. The monoisotopic (exact) mass is 545 g/mol. The molecule has 0 bridgehead atoms. The van der Waals surface area contributed by atoms with Crippen molar-refractivity contribution in [3.63, 3.8) is 0 Å². The minimum Gasteiger partial charge on any atom is -0.493 e. The van der Waals surface area contributed by atoms with E-state index < -0.39 is 0 Å². The van der Waals surface area contributed by atoms with E-state index in [0.29, 0.717) is 38.6 Å². The van der Waals surface area contributed by atoms with E-state index in [1.165, 1.54) is 37.4 Å². The Balaban J connectivity index is 1.46. The number of aromatic nitrogens is 2. The standard InChI is InChI=1S/C30H31N3O3S2/c1-3-4-5-6-7-11-17-32-29(34)26(38-30(32)37)19-22-20-33(23-14-9-8-10-15-23)31-27(22)25-18-21-13-12-16-24(35-2)28(21)36-25/h8-10,12-16,18-20H,3-7,11,17H2,1-2H3/b26-19-. The number of ether oxygens (including phenoxy) is 1. The summed E-state index contributed by atoms with van der Waals surface area (Å²) in [7, 11) is 1.62. The van der Waals surface area contributed by atoms with Crippen LogP contribution in [0.25, 0.3) is 34.2 Å². The molecule has 2 aromatic heterocycles. The van der Waals surface area contributed by atoms with Gasteiger partial charge in [-0.05, 0) is 36.8 Å². The first kappa shape index (κ1) is 26.3. The van der Waals surface area contributed by atoms with E-state index in [-0.39, 0.29) is 5.91 Å². The van der Waals surface area contributed by atoms with Crippen LogP contribution in [0.3, 0.4) is 0 Å². The van der Waals surface area contributed by atoms with Crippen LogP contribution in [0.5, 0.6) is 5.75 Å². The van der Waals surface area contributed by atoms with Crippen LogP contribution in [0.2, 0.25) is 0 Å². The molecule has 0 N–H and O–H groups in total. The molecule has 2 aromatic carbocycles. The average molecular weight is 546 g/mol. The number of nitrogens with zero attached hydrogens (tertiary/aromatic N) is 3. The Kier molecular flexibility index (Phi) is 8.29. The maximum absolute atomic E-state index is 13.3. The van der Waals surface area contributed by atoms with Gasteiger partial charge in [0.05, 0.1) is 17.7 Å². The zero-order chi connectivity index (χ0) is 26.5. The zero-order valence-corrected chi connectivity index (χ0v) is 23.3. The maximum atomic E-state index is 13.3. The quantitative estimate of drug-likeness (QED) is 0.109. The predicted molar refractivity (Wildman–Crippen MR) is 159 cm³/mol. The molecule has 196 valence electrons. The minimum atomic E-state index is -0.0433. The number of methoxy groups -OCH3 is 1. The van der Waals surface area contributed by atoms with Crippen LogP contribution in [-0.4, -0.2) is 38.6 Å². The fourth-order valence-corrected chi connectivity index (χ4v) is 5.89. The molecule has 5 rings (SSSR count). The Hall–Kier alpha value is -3.36. The fourth-order valence-electron chi connectivity index (χ4n) is 4.60. The third-order valence-corrected chi connectivity index (χ3v) is 8.00. The van der Waals surface area contributed by atoms with Gasteiger partial charge >= 0.3 is 0 Å². The molecule has 38 heavy (non-hydrogen) atoms. The molecule has 4 aromatic rings. The minimum absolute atomic E-state index is 0.0433. The summed E-state index contributed by atoms with van der Waals surface area (Å²) >= 11 is 6.93. The Bertz CT molecular complexity index is 1470. The molecule has 0 aliphatic carbocycles. The first-order chi connectivity index (χ1) is 18.6. The van der Waals surface area contributed by atoms with E-state index in [1.54, 1.807) is 12.0 Å². The van der Waals surface area contributed by atoms with E-state index in [1.807, 2.05) is 71.6 Å². The van der Waals surface area contributed by atoms with Gasteiger partial charge in [-0.15, -0.1) is 0 Å². The number of fused-ring (bicyclic) bond motifs is 1. The SMILES string of the molecule is CCCCCCCCN1C(=O)/C(=C/c2cn(-c3ccccc3)nc2-c2cc3cccc(OC)c3o2)SC1=S. The van der Waals surface area contributed by atoms with E-state index >= 15 is 0 Å². The van der Waals surface area contributed by atoms with Crippen LogP contribution in [0.1, 0.15) is 51.0 Å². The molecule has 0 saturated carbocycles. The normalized spacial score (nSPS) is 14.8. The first-order valence-electron chi connectivity index (χ1n) is 13.1. The number of thioether (sulfide) groups is 1. The van der Waals surface area contributed by atoms with E-state index in [4.69, 9.17) is 26.5 Å². The Labute approximate surface area is 232 Å². The Morgan fingerprint density at radius 1 is 1.05 bits per heavy atom. The summed E-state index contributed by atoms with van der Waals surface area (Å²) in [5.41, 5.74) is 3.01. The highest BCUT2D eigenvalue weighted by Crippen LogP contribution is 2.38. The molecular weight excluding hydrogens is 514 g/mol. The van der Waals surface area contributed by atoms with Crippen molar-refractivity contribution in [3.05, 3.63) is 71.3 Å². The number of amides is 1. The van der Waals surface area contributed by atoms with Crippen molar-refractivity contribution in [2.75, 3.05) is 13.7 Å². The second kappa shape index (κ2) is 12.0. The van der Waals surface area contributed by atoms with Crippen molar-refractivity contribution >= 4 is 51.3 Å². The highest BCUT2D eigenvalue weighted by Gasteiger charge is 2.32. The second-order valence-corrected chi connectivity index (χ2v) is 11.0. The Morgan fingerprint density at radius 2 is 1.84 bits per heavy atom. The lowest BCUT2D eigenvalue weighted by Gasteiger charge is -2.13. The predicted octanol–water partition coefficient (Wildman–Crippen LogP) is 7.86. The van der Waals surface area contributed by atoms with Crippen molar-refractivity contribution in [2.45, 2.75) is 45.4 Å². The van der Waals surface area contributed by atoms with Gasteiger partial charge in [-0.25, -0.2) is 4.68 Å². The van der Waals surface area contributed by atoms with Gasteiger partial charge in [-0.2, -0.15) is 5.10 Å². The van der Waals surface area contributed by atoms with Gasteiger partial charge in [0.25, 0.3) is 5.91 Å². The molecule has 1 aliphatic heterocycles.